The highest BCUT2D eigenvalue weighted by atomic mass is 16.6. The Kier molecular flexibility index (Phi) is 11.9. The van der Waals surface area contributed by atoms with E-state index in [9.17, 15) is 0 Å². The van der Waals surface area contributed by atoms with Gasteiger partial charge in [0.25, 0.3) is 0 Å². The van der Waals surface area contributed by atoms with Crippen molar-refractivity contribution in [2.24, 2.45) is 0 Å². The van der Waals surface area contributed by atoms with Crippen LogP contribution in [0.1, 0.15) is 52.4 Å². The second kappa shape index (κ2) is 12.0. The Hall–Kier alpha value is -0.120. The van der Waals surface area contributed by atoms with Gasteiger partial charge in [0, 0.05) is 6.61 Å². The molecule has 0 aromatic heterocycles. The van der Waals surface area contributed by atoms with E-state index >= 15 is 0 Å². The SMILES string of the molecule is CCCCCCCCOCCOC(C)O. The summed E-state index contributed by atoms with van der Waals surface area (Å²) < 4.78 is 10.3. The molecular formula is C12H26O3. The molecule has 0 saturated carbocycles. The summed E-state index contributed by atoms with van der Waals surface area (Å²) in [6.07, 6.45) is 7.04. The lowest BCUT2D eigenvalue weighted by atomic mass is 10.1. The predicted molar refractivity (Wildman–Crippen MR) is 61.8 cm³/mol. The molecule has 0 amide bonds. The van der Waals surface area contributed by atoms with Crippen LogP contribution in [0.15, 0.2) is 0 Å². The molecule has 1 unspecified atom stereocenters. The molecule has 0 saturated heterocycles. The monoisotopic (exact) mass is 218 g/mol. The normalized spacial score (nSPS) is 13.0. The zero-order chi connectivity index (χ0) is 11.4. The number of aliphatic hydroxyl groups is 1. The number of hydrogen-bond donors (Lipinski definition) is 1. The van der Waals surface area contributed by atoms with Gasteiger partial charge in [0.15, 0.2) is 6.29 Å². The summed E-state index contributed by atoms with van der Waals surface area (Å²) in [6.45, 7) is 5.71. The average Bonchev–Trinajstić information content (AvgIpc) is 2.20. The molecule has 0 aliphatic heterocycles. The van der Waals surface area contributed by atoms with Gasteiger partial charge in [0.1, 0.15) is 0 Å². The van der Waals surface area contributed by atoms with Crippen molar-refractivity contribution in [1.82, 2.24) is 0 Å². The summed E-state index contributed by atoms with van der Waals surface area (Å²) in [5.74, 6) is 0. The Labute approximate surface area is 93.8 Å². The van der Waals surface area contributed by atoms with E-state index in [0.717, 1.165) is 13.0 Å². The molecule has 0 aromatic rings. The van der Waals surface area contributed by atoms with Crippen LogP contribution in [0.25, 0.3) is 0 Å². The summed E-state index contributed by atoms with van der Waals surface area (Å²) in [4.78, 5) is 0. The Morgan fingerprint density at radius 1 is 0.933 bits per heavy atom. The molecule has 0 aliphatic rings. The van der Waals surface area contributed by atoms with Crippen molar-refractivity contribution in [2.45, 2.75) is 58.7 Å². The first-order valence-corrected chi connectivity index (χ1v) is 6.14. The van der Waals surface area contributed by atoms with Gasteiger partial charge in [-0.25, -0.2) is 0 Å². The highest BCUT2D eigenvalue weighted by molar-refractivity contribution is 4.43. The Morgan fingerprint density at radius 3 is 2.27 bits per heavy atom. The minimum absolute atomic E-state index is 0.480. The van der Waals surface area contributed by atoms with Crippen LogP contribution in [0.5, 0.6) is 0 Å². The molecule has 92 valence electrons. The van der Waals surface area contributed by atoms with Crippen molar-refractivity contribution in [1.29, 1.82) is 0 Å². The zero-order valence-electron chi connectivity index (χ0n) is 10.2. The first-order valence-electron chi connectivity index (χ1n) is 6.14. The lowest BCUT2D eigenvalue weighted by Crippen LogP contribution is -2.12. The maximum atomic E-state index is 8.80. The van der Waals surface area contributed by atoms with E-state index in [2.05, 4.69) is 6.92 Å². The Balaban J connectivity index is 2.87. The first-order chi connectivity index (χ1) is 7.27. The van der Waals surface area contributed by atoms with Gasteiger partial charge in [-0.3, -0.25) is 0 Å². The molecule has 0 fully saturated rings. The van der Waals surface area contributed by atoms with Crippen molar-refractivity contribution in [3.05, 3.63) is 0 Å². The molecule has 3 nitrogen and oxygen atoms in total. The fourth-order valence-corrected chi connectivity index (χ4v) is 1.36. The summed E-state index contributed by atoms with van der Waals surface area (Å²) in [6, 6.07) is 0. The molecule has 3 heteroatoms. The maximum absolute atomic E-state index is 8.80. The van der Waals surface area contributed by atoms with E-state index in [1.165, 1.54) is 32.1 Å². The standard InChI is InChI=1S/C12H26O3/c1-3-4-5-6-7-8-9-14-10-11-15-12(2)13/h12-13H,3-11H2,1-2H3. The van der Waals surface area contributed by atoms with Gasteiger partial charge in [-0.15, -0.1) is 0 Å². The molecule has 1 atom stereocenters. The van der Waals surface area contributed by atoms with Crippen LogP contribution in [0.2, 0.25) is 0 Å². The van der Waals surface area contributed by atoms with E-state index in [1.807, 2.05) is 0 Å². The second-order valence-corrected chi connectivity index (χ2v) is 3.85. The molecule has 1 N–H and O–H groups in total. The molecule has 0 aliphatic carbocycles. The highest BCUT2D eigenvalue weighted by Crippen LogP contribution is 2.04. The molecule has 15 heavy (non-hydrogen) atoms. The smallest absolute Gasteiger partial charge is 0.151 e. The minimum atomic E-state index is -0.678. The molecule has 0 bridgehead atoms. The van der Waals surface area contributed by atoms with Crippen LogP contribution >= 0.6 is 0 Å². The second-order valence-electron chi connectivity index (χ2n) is 3.85. The van der Waals surface area contributed by atoms with Crippen LogP contribution in [-0.4, -0.2) is 31.2 Å². The van der Waals surface area contributed by atoms with Crippen LogP contribution < -0.4 is 0 Å². The third-order valence-electron chi connectivity index (χ3n) is 2.23. The summed E-state index contributed by atoms with van der Waals surface area (Å²) in [7, 11) is 0. The molecule has 0 rings (SSSR count). The topological polar surface area (TPSA) is 38.7 Å². The van der Waals surface area contributed by atoms with Crippen molar-refractivity contribution in [3.63, 3.8) is 0 Å². The van der Waals surface area contributed by atoms with Crippen molar-refractivity contribution in [3.8, 4) is 0 Å². The van der Waals surface area contributed by atoms with E-state index in [4.69, 9.17) is 14.6 Å². The number of rotatable bonds is 11. The van der Waals surface area contributed by atoms with Gasteiger partial charge < -0.3 is 14.6 Å². The lowest BCUT2D eigenvalue weighted by molar-refractivity contribution is -0.0994. The summed E-state index contributed by atoms with van der Waals surface area (Å²) in [5, 5.41) is 8.80. The van der Waals surface area contributed by atoms with Crippen molar-refractivity contribution >= 4 is 0 Å². The lowest BCUT2D eigenvalue weighted by Gasteiger charge is -2.07. The minimum Gasteiger partial charge on any atom is -0.379 e. The van der Waals surface area contributed by atoms with Crippen LogP contribution in [0.3, 0.4) is 0 Å². The van der Waals surface area contributed by atoms with Crippen molar-refractivity contribution in [2.75, 3.05) is 19.8 Å². The molecule has 0 aromatic carbocycles. The van der Waals surface area contributed by atoms with Gasteiger partial charge in [0.05, 0.1) is 13.2 Å². The fraction of sp³-hybridized carbons (Fsp3) is 1.00. The van der Waals surface area contributed by atoms with Gasteiger partial charge in [-0.2, -0.15) is 0 Å². The van der Waals surface area contributed by atoms with Crippen molar-refractivity contribution < 1.29 is 14.6 Å². The number of hydrogen-bond acceptors (Lipinski definition) is 3. The van der Waals surface area contributed by atoms with E-state index < -0.39 is 6.29 Å². The molecular weight excluding hydrogens is 192 g/mol. The Bertz CT molecular complexity index is 115. The van der Waals surface area contributed by atoms with Crippen LogP contribution in [0, 0.1) is 0 Å². The first kappa shape index (κ1) is 14.9. The average molecular weight is 218 g/mol. The van der Waals surface area contributed by atoms with Gasteiger partial charge in [0.2, 0.25) is 0 Å². The van der Waals surface area contributed by atoms with E-state index in [-0.39, 0.29) is 0 Å². The predicted octanol–water partition coefficient (Wildman–Crippen LogP) is 2.72. The summed E-state index contributed by atoms with van der Waals surface area (Å²) in [5.41, 5.74) is 0. The van der Waals surface area contributed by atoms with Gasteiger partial charge in [-0.1, -0.05) is 39.0 Å². The number of unbranched alkanes of at least 4 members (excludes halogenated alkanes) is 5. The summed E-state index contributed by atoms with van der Waals surface area (Å²) >= 11 is 0. The van der Waals surface area contributed by atoms with Gasteiger partial charge >= 0.3 is 0 Å². The largest absolute Gasteiger partial charge is 0.379 e. The maximum Gasteiger partial charge on any atom is 0.151 e. The fourth-order valence-electron chi connectivity index (χ4n) is 1.36. The molecule has 0 heterocycles. The van der Waals surface area contributed by atoms with Crippen LogP contribution in [-0.2, 0) is 9.47 Å². The van der Waals surface area contributed by atoms with Gasteiger partial charge in [-0.05, 0) is 13.3 Å². The number of ether oxygens (including phenoxy) is 2. The molecule has 0 radical (unpaired) electrons. The zero-order valence-corrected chi connectivity index (χ0v) is 10.2. The van der Waals surface area contributed by atoms with E-state index in [0.29, 0.717) is 13.2 Å². The Morgan fingerprint density at radius 2 is 1.60 bits per heavy atom. The highest BCUT2D eigenvalue weighted by Gasteiger charge is 1.94. The van der Waals surface area contributed by atoms with E-state index in [1.54, 1.807) is 6.92 Å². The quantitative estimate of drug-likeness (QED) is 0.428. The third kappa shape index (κ3) is 13.9. The van der Waals surface area contributed by atoms with Crippen LogP contribution in [0.4, 0.5) is 0 Å². The third-order valence-corrected chi connectivity index (χ3v) is 2.23. The number of aliphatic hydroxyl groups excluding tert-OH is 1. The molecule has 0 spiro atoms.